The van der Waals surface area contributed by atoms with E-state index in [0.29, 0.717) is 10.0 Å². The zero-order chi connectivity index (χ0) is 12.5. The molecule has 0 saturated heterocycles. The minimum atomic E-state index is 0.612. The van der Waals surface area contributed by atoms with E-state index in [4.69, 9.17) is 23.2 Å². The summed E-state index contributed by atoms with van der Waals surface area (Å²) in [6.07, 6.45) is 1.04. The van der Waals surface area contributed by atoms with Gasteiger partial charge in [0.1, 0.15) is 0 Å². The van der Waals surface area contributed by atoms with Crippen molar-refractivity contribution in [2.45, 2.75) is 13.0 Å². The Kier molecular flexibility index (Phi) is 3.29. The number of benzene rings is 2. The minimum Gasteiger partial charge on any atom is -0.312 e. The van der Waals surface area contributed by atoms with Crippen LogP contribution in [0.2, 0.25) is 10.0 Å². The first-order chi connectivity index (χ1) is 8.77. The Morgan fingerprint density at radius 3 is 2.61 bits per heavy atom. The van der Waals surface area contributed by atoms with Crippen LogP contribution in [-0.4, -0.2) is 6.54 Å². The Hall–Kier alpha value is -1.02. The fraction of sp³-hybridized carbons (Fsp3) is 0.200. The summed E-state index contributed by atoms with van der Waals surface area (Å²) in [5.41, 5.74) is 4.99. The molecule has 1 nitrogen and oxygen atoms in total. The minimum absolute atomic E-state index is 0.612. The number of halogens is 2. The Bertz CT molecular complexity index is 593. The summed E-state index contributed by atoms with van der Waals surface area (Å²) in [6, 6.07) is 12.2. The van der Waals surface area contributed by atoms with Crippen LogP contribution in [-0.2, 0) is 13.0 Å². The molecule has 1 N–H and O–H groups in total. The summed E-state index contributed by atoms with van der Waals surface area (Å²) in [6.45, 7) is 1.95. The van der Waals surface area contributed by atoms with E-state index in [1.807, 2.05) is 18.2 Å². The van der Waals surface area contributed by atoms with Gasteiger partial charge in [-0.05, 0) is 35.7 Å². The molecule has 0 saturated carbocycles. The van der Waals surface area contributed by atoms with Crippen LogP contribution < -0.4 is 5.32 Å². The number of hydrogen-bond acceptors (Lipinski definition) is 1. The van der Waals surface area contributed by atoms with Gasteiger partial charge in [-0.2, -0.15) is 0 Å². The second kappa shape index (κ2) is 4.93. The lowest BCUT2D eigenvalue weighted by Crippen LogP contribution is -2.24. The number of nitrogens with one attached hydrogen (secondary N) is 1. The Morgan fingerprint density at radius 2 is 1.72 bits per heavy atom. The van der Waals surface area contributed by atoms with Gasteiger partial charge in [0.05, 0.1) is 10.0 Å². The van der Waals surface area contributed by atoms with E-state index < -0.39 is 0 Å². The molecule has 3 heteroatoms. The fourth-order valence-electron chi connectivity index (χ4n) is 2.50. The normalized spacial score (nSPS) is 14.3. The molecule has 2 aromatic rings. The molecular formula is C15H13Cl2N. The molecule has 0 aliphatic carbocycles. The zero-order valence-corrected chi connectivity index (χ0v) is 11.4. The van der Waals surface area contributed by atoms with Gasteiger partial charge in [0.25, 0.3) is 0 Å². The summed E-state index contributed by atoms with van der Waals surface area (Å²) < 4.78 is 0. The van der Waals surface area contributed by atoms with E-state index in [1.165, 1.54) is 16.7 Å². The highest BCUT2D eigenvalue weighted by Crippen LogP contribution is 2.36. The Morgan fingerprint density at radius 1 is 0.944 bits per heavy atom. The van der Waals surface area contributed by atoms with Gasteiger partial charge in [0.2, 0.25) is 0 Å². The van der Waals surface area contributed by atoms with Gasteiger partial charge in [-0.1, -0.05) is 53.5 Å². The molecule has 3 rings (SSSR count). The van der Waals surface area contributed by atoms with Crippen LogP contribution in [0.5, 0.6) is 0 Å². The molecule has 18 heavy (non-hydrogen) atoms. The maximum absolute atomic E-state index is 6.32. The molecule has 0 amide bonds. The monoisotopic (exact) mass is 277 g/mol. The van der Waals surface area contributed by atoms with E-state index in [9.17, 15) is 0 Å². The highest BCUT2D eigenvalue weighted by atomic mass is 35.5. The molecule has 0 bridgehead atoms. The first-order valence-corrected chi connectivity index (χ1v) is 6.79. The highest BCUT2D eigenvalue weighted by molar-refractivity contribution is 6.43. The first kappa shape index (κ1) is 12.0. The third-order valence-electron chi connectivity index (χ3n) is 3.38. The second-order valence-electron chi connectivity index (χ2n) is 4.47. The SMILES string of the molecule is Clc1cccc(-c2cccc3c2CCNC3)c1Cl. The molecule has 0 aromatic heterocycles. The maximum Gasteiger partial charge on any atom is 0.0670 e. The lowest BCUT2D eigenvalue weighted by atomic mass is 9.91. The molecule has 0 unspecified atom stereocenters. The molecule has 0 fully saturated rings. The van der Waals surface area contributed by atoms with Crippen molar-refractivity contribution in [3.8, 4) is 11.1 Å². The highest BCUT2D eigenvalue weighted by Gasteiger charge is 2.15. The predicted molar refractivity (Wildman–Crippen MR) is 77.3 cm³/mol. The van der Waals surface area contributed by atoms with Crippen molar-refractivity contribution in [1.82, 2.24) is 5.32 Å². The average Bonchev–Trinajstić information content (AvgIpc) is 2.41. The first-order valence-electron chi connectivity index (χ1n) is 6.03. The van der Waals surface area contributed by atoms with Crippen molar-refractivity contribution in [3.05, 3.63) is 57.6 Å². The lowest BCUT2D eigenvalue weighted by Gasteiger charge is -2.21. The van der Waals surface area contributed by atoms with E-state index >= 15 is 0 Å². The molecule has 0 spiro atoms. The van der Waals surface area contributed by atoms with Crippen molar-refractivity contribution < 1.29 is 0 Å². The molecule has 1 aliphatic heterocycles. The van der Waals surface area contributed by atoms with Gasteiger partial charge in [-0.15, -0.1) is 0 Å². The van der Waals surface area contributed by atoms with Crippen LogP contribution in [0.15, 0.2) is 36.4 Å². The van der Waals surface area contributed by atoms with Crippen molar-refractivity contribution in [3.63, 3.8) is 0 Å². The molecule has 2 aromatic carbocycles. The summed E-state index contributed by atoms with van der Waals surface area (Å²) >= 11 is 12.4. The molecule has 1 aliphatic rings. The molecule has 0 radical (unpaired) electrons. The van der Waals surface area contributed by atoms with E-state index in [1.54, 1.807) is 0 Å². The largest absolute Gasteiger partial charge is 0.312 e. The van der Waals surface area contributed by atoms with Gasteiger partial charge in [-0.3, -0.25) is 0 Å². The zero-order valence-electron chi connectivity index (χ0n) is 9.84. The van der Waals surface area contributed by atoms with Gasteiger partial charge in [-0.25, -0.2) is 0 Å². The van der Waals surface area contributed by atoms with Crippen LogP contribution in [0.1, 0.15) is 11.1 Å². The Labute approximate surface area is 117 Å². The third kappa shape index (κ3) is 2.03. The summed E-state index contributed by atoms with van der Waals surface area (Å²) in [5.74, 6) is 0. The second-order valence-corrected chi connectivity index (χ2v) is 5.26. The average molecular weight is 278 g/mol. The summed E-state index contributed by atoms with van der Waals surface area (Å²) in [5, 5.41) is 4.64. The third-order valence-corrected chi connectivity index (χ3v) is 4.20. The topological polar surface area (TPSA) is 12.0 Å². The molecule has 1 heterocycles. The van der Waals surface area contributed by atoms with E-state index in [2.05, 4.69) is 23.5 Å². The van der Waals surface area contributed by atoms with Crippen LogP contribution >= 0.6 is 23.2 Å². The van der Waals surface area contributed by atoms with Crippen LogP contribution in [0, 0.1) is 0 Å². The Balaban J connectivity index is 2.20. The van der Waals surface area contributed by atoms with Crippen molar-refractivity contribution in [2.24, 2.45) is 0 Å². The van der Waals surface area contributed by atoms with Gasteiger partial charge in [0.15, 0.2) is 0 Å². The van der Waals surface area contributed by atoms with Crippen LogP contribution in [0.3, 0.4) is 0 Å². The van der Waals surface area contributed by atoms with E-state index in [0.717, 1.165) is 25.1 Å². The number of rotatable bonds is 1. The number of hydrogen-bond donors (Lipinski definition) is 1. The van der Waals surface area contributed by atoms with Crippen molar-refractivity contribution in [2.75, 3.05) is 6.54 Å². The molecular weight excluding hydrogens is 265 g/mol. The standard InChI is InChI=1S/C15H13Cl2N/c16-14-6-2-5-13(15(14)17)12-4-1-3-10-9-18-8-7-11(10)12/h1-6,18H,7-9H2. The van der Waals surface area contributed by atoms with Crippen molar-refractivity contribution >= 4 is 23.2 Å². The van der Waals surface area contributed by atoms with Gasteiger partial charge in [0, 0.05) is 12.1 Å². The lowest BCUT2D eigenvalue weighted by molar-refractivity contribution is 0.645. The smallest absolute Gasteiger partial charge is 0.0670 e. The fourth-order valence-corrected chi connectivity index (χ4v) is 2.90. The predicted octanol–water partition coefficient (Wildman–Crippen LogP) is 4.31. The van der Waals surface area contributed by atoms with Crippen molar-refractivity contribution in [1.29, 1.82) is 0 Å². The molecule has 92 valence electrons. The summed E-state index contributed by atoms with van der Waals surface area (Å²) in [4.78, 5) is 0. The quantitative estimate of drug-likeness (QED) is 0.819. The van der Waals surface area contributed by atoms with Gasteiger partial charge >= 0.3 is 0 Å². The van der Waals surface area contributed by atoms with Crippen LogP contribution in [0.4, 0.5) is 0 Å². The number of fused-ring (bicyclic) bond motifs is 1. The molecule has 0 atom stereocenters. The van der Waals surface area contributed by atoms with Crippen LogP contribution in [0.25, 0.3) is 11.1 Å². The van der Waals surface area contributed by atoms with E-state index in [-0.39, 0.29) is 0 Å². The summed E-state index contributed by atoms with van der Waals surface area (Å²) in [7, 11) is 0. The van der Waals surface area contributed by atoms with Gasteiger partial charge < -0.3 is 5.32 Å². The maximum atomic E-state index is 6.32.